The second kappa shape index (κ2) is 2.54. The molecule has 1 aromatic heterocycles. The summed E-state index contributed by atoms with van der Waals surface area (Å²) in [5.74, 6) is 0. The fraction of sp³-hybridized carbons (Fsp3) is 0.375. The SMILES string of the molecule is Cc1cc(C)n(C)c(=S)c1. The molecule has 0 bridgehead atoms. The molecule has 1 nitrogen and oxygen atoms in total. The van der Waals surface area contributed by atoms with Crippen molar-refractivity contribution in [1.29, 1.82) is 0 Å². The Balaban J connectivity index is 3.46. The minimum atomic E-state index is 0.900. The van der Waals surface area contributed by atoms with Gasteiger partial charge in [0.2, 0.25) is 0 Å². The summed E-state index contributed by atoms with van der Waals surface area (Å²) in [5, 5.41) is 0. The zero-order valence-corrected chi connectivity index (χ0v) is 7.33. The van der Waals surface area contributed by atoms with Crippen LogP contribution in [0, 0.1) is 18.5 Å². The van der Waals surface area contributed by atoms with Crippen molar-refractivity contribution in [3.8, 4) is 0 Å². The van der Waals surface area contributed by atoms with Gasteiger partial charge in [-0.25, -0.2) is 0 Å². The Bertz CT molecular complexity index is 299. The molecule has 0 fully saturated rings. The summed E-state index contributed by atoms with van der Waals surface area (Å²) in [6.07, 6.45) is 0. The Morgan fingerprint density at radius 1 is 1.30 bits per heavy atom. The molecule has 2 heteroatoms. The number of nitrogens with zero attached hydrogens (tertiary/aromatic N) is 1. The van der Waals surface area contributed by atoms with Crippen LogP contribution in [0.5, 0.6) is 0 Å². The first-order valence-electron chi connectivity index (χ1n) is 3.25. The molecular formula is C8H11NS. The highest BCUT2D eigenvalue weighted by Crippen LogP contribution is 2.03. The average Bonchev–Trinajstić information content (AvgIpc) is 1.82. The Kier molecular flexibility index (Phi) is 1.90. The van der Waals surface area contributed by atoms with Crippen molar-refractivity contribution >= 4 is 12.2 Å². The summed E-state index contributed by atoms with van der Waals surface area (Å²) < 4.78 is 2.90. The third kappa shape index (κ3) is 1.27. The van der Waals surface area contributed by atoms with Crippen LogP contribution in [0.25, 0.3) is 0 Å². The number of hydrogen-bond donors (Lipinski definition) is 0. The summed E-state index contributed by atoms with van der Waals surface area (Å²) in [6.45, 7) is 4.12. The van der Waals surface area contributed by atoms with Gasteiger partial charge in [-0.2, -0.15) is 0 Å². The zero-order chi connectivity index (χ0) is 7.72. The normalized spacial score (nSPS) is 9.90. The highest BCUT2D eigenvalue weighted by molar-refractivity contribution is 7.71. The molecule has 1 heterocycles. The van der Waals surface area contributed by atoms with Crippen LogP contribution in [0.15, 0.2) is 12.1 Å². The molecule has 0 aromatic carbocycles. The molecular weight excluding hydrogens is 142 g/mol. The van der Waals surface area contributed by atoms with Crippen molar-refractivity contribution in [3.63, 3.8) is 0 Å². The van der Waals surface area contributed by atoms with Crippen LogP contribution >= 0.6 is 12.2 Å². The summed E-state index contributed by atoms with van der Waals surface area (Å²) in [5.41, 5.74) is 2.45. The van der Waals surface area contributed by atoms with Crippen LogP contribution in [-0.2, 0) is 7.05 Å². The third-order valence-corrected chi connectivity index (χ3v) is 2.04. The van der Waals surface area contributed by atoms with E-state index in [-0.39, 0.29) is 0 Å². The average molecular weight is 153 g/mol. The van der Waals surface area contributed by atoms with Crippen molar-refractivity contribution in [2.24, 2.45) is 7.05 Å². The van der Waals surface area contributed by atoms with Crippen LogP contribution in [0.4, 0.5) is 0 Å². The minimum Gasteiger partial charge on any atom is -0.340 e. The van der Waals surface area contributed by atoms with Gasteiger partial charge in [0, 0.05) is 12.7 Å². The first-order valence-corrected chi connectivity index (χ1v) is 3.66. The maximum absolute atomic E-state index is 5.09. The summed E-state index contributed by atoms with van der Waals surface area (Å²) >= 11 is 5.09. The number of hydrogen-bond acceptors (Lipinski definition) is 1. The molecule has 0 amide bonds. The summed E-state index contributed by atoms with van der Waals surface area (Å²) in [7, 11) is 1.98. The molecule has 0 spiro atoms. The monoisotopic (exact) mass is 153 g/mol. The molecule has 0 radical (unpaired) electrons. The lowest BCUT2D eigenvalue weighted by atomic mass is 10.2. The van der Waals surface area contributed by atoms with E-state index in [1.165, 1.54) is 11.3 Å². The second-order valence-electron chi connectivity index (χ2n) is 2.57. The quantitative estimate of drug-likeness (QED) is 0.518. The van der Waals surface area contributed by atoms with Crippen molar-refractivity contribution in [3.05, 3.63) is 28.0 Å². The Hall–Kier alpha value is -0.630. The maximum atomic E-state index is 5.09. The highest BCUT2D eigenvalue weighted by atomic mass is 32.1. The van der Waals surface area contributed by atoms with Gasteiger partial charge in [0.1, 0.15) is 4.64 Å². The van der Waals surface area contributed by atoms with E-state index in [9.17, 15) is 0 Å². The van der Waals surface area contributed by atoms with Crippen molar-refractivity contribution in [2.45, 2.75) is 13.8 Å². The Morgan fingerprint density at radius 2 is 1.90 bits per heavy atom. The number of pyridine rings is 1. The van der Waals surface area contributed by atoms with Gasteiger partial charge in [0.25, 0.3) is 0 Å². The molecule has 0 aliphatic carbocycles. The molecule has 54 valence electrons. The fourth-order valence-electron chi connectivity index (χ4n) is 0.933. The van der Waals surface area contributed by atoms with Crippen LogP contribution in [-0.4, -0.2) is 4.57 Å². The predicted octanol–water partition coefficient (Wildman–Crippen LogP) is 2.37. The fourth-order valence-corrected chi connectivity index (χ4v) is 1.26. The van der Waals surface area contributed by atoms with E-state index in [0.29, 0.717) is 0 Å². The molecule has 1 rings (SSSR count). The smallest absolute Gasteiger partial charge is 0.106 e. The van der Waals surface area contributed by atoms with E-state index < -0.39 is 0 Å². The molecule has 0 saturated heterocycles. The molecule has 0 aliphatic rings. The molecule has 0 unspecified atom stereocenters. The van der Waals surface area contributed by atoms with Crippen molar-refractivity contribution in [2.75, 3.05) is 0 Å². The summed E-state index contributed by atoms with van der Waals surface area (Å²) in [4.78, 5) is 0. The topological polar surface area (TPSA) is 4.93 Å². The van der Waals surface area contributed by atoms with Gasteiger partial charge in [0.05, 0.1) is 0 Å². The number of aryl methyl sites for hydroxylation is 2. The lowest BCUT2D eigenvalue weighted by molar-refractivity contribution is 0.838. The standard InChI is InChI=1S/C8H11NS/c1-6-4-7(2)9(3)8(10)5-6/h4-5H,1-3H3. The maximum Gasteiger partial charge on any atom is 0.106 e. The van der Waals surface area contributed by atoms with Gasteiger partial charge >= 0.3 is 0 Å². The van der Waals surface area contributed by atoms with Gasteiger partial charge in [-0.3, -0.25) is 0 Å². The minimum absolute atomic E-state index is 0.900. The molecule has 0 saturated carbocycles. The largest absolute Gasteiger partial charge is 0.340 e. The molecule has 10 heavy (non-hydrogen) atoms. The van der Waals surface area contributed by atoms with Gasteiger partial charge < -0.3 is 4.57 Å². The number of aromatic nitrogens is 1. The van der Waals surface area contributed by atoms with Crippen LogP contribution < -0.4 is 0 Å². The van der Waals surface area contributed by atoms with Gasteiger partial charge in [-0.05, 0) is 31.5 Å². The molecule has 0 aliphatic heterocycles. The van der Waals surface area contributed by atoms with Gasteiger partial charge in [-0.1, -0.05) is 12.2 Å². The molecule has 1 aromatic rings. The Morgan fingerprint density at radius 3 is 2.40 bits per heavy atom. The third-order valence-electron chi connectivity index (χ3n) is 1.65. The van der Waals surface area contributed by atoms with Crippen molar-refractivity contribution < 1.29 is 0 Å². The first kappa shape index (κ1) is 7.48. The highest BCUT2D eigenvalue weighted by Gasteiger charge is 1.91. The lowest BCUT2D eigenvalue weighted by Gasteiger charge is -2.04. The van der Waals surface area contributed by atoms with Crippen LogP contribution in [0.1, 0.15) is 11.3 Å². The first-order chi connectivity index (χ1) is 4.61. The Labute approximate surface area is 66.3 Å². The van der Waals surface area contributed by atoms with Gasteiger partial charge in [-0.15, -0.1) is 0 Å². The van der Waals surface area contributed by atoms with E-state index in [4.69, 9.17) is 12.2 Å². The summed E-state index contributed by atoms with van der Waals surface area (Å²) in [6, 6.07) is 4.12. The lowest BCUT2D eigenvalue weighted by Crippen LogP contribution is -1.97. The van der Waals surface area contributed by atoms with Crippen LogP contribution in [0.3, 0.4) is 0 Å². The van der Waals surface area contributed by atoms with E-state index in [0.717, 1.165) is 4.64 Å². The van der Waals surface area contributed by atoms with Crippen LogP contribution in [0.2, 0.25) is 0 Å². The predicted molar refractivity (Wildman–Crippen MR) is 45.7 cm³/mol. The zero-order valence-electron chi connectivity index (χ0n) is 6.51. The van der Waals surface area contributed by atoms with E-state index in [2.05, 4.69) is 19.9 Å². The van der Waals surface area contributed by atoms with Gasteiger partial charge in [0.15, 0.2) is 0 Å². The van der Waals surface area contributed by atoms with Crippen molar-refractivity contribution in [1.82, 2.24) is 4.57 Å². The van der Waals surface area contributed by atoms with E-state index in [1.807, 2.05) is 17.7 Å². The molecule has 0 atom stereocenters. The number of rotatable bonds is 0. The van der Waals surface area contributed by atoms with E-state index >= 15 is 0 Å². The molecule has 0 N–H and O–H groups in total. The second-order valence-corrected chi connectivity index (χ2v) is 2.99. The van der Waals surface area contributed by atoms with E-state index in [1.54, 1.807) is 0 Å².